The predicted molar refractivity (Wildman–Crippen MR) is 86.7 cm³/mol. The van der Waals surface area contributed by atoms with Gasteiger partial charge in [-0.3, -0.25) is 4.79 Å². The Kier molecular flexibility index (Phi) is 5.66. The van der Waals surface area contributed by atoms with Gasteiger partial charge in [-0.25, -0.2) is 0 Å². The van der Waals surface area contributed by atoms with E-state index < -0.39 is 0 Å². The molecule has 1 aromatic carbocycles. The van der Waals surface area contributed by atoms with Crippen molar-refractivity contribution in [2.75, 3.05) is 12.4 Å². The van der Waals surface area contributed by atoms with E-state index in [0.29, 0.717) is 0 Å². The predicted octanol–water partition coefficient (Wildman–Crippen LogP) is 4.41. The molecule has 0 radical (unpaired) electrons. The normalized spacial score (nSPS) is 21.9. The van der Waals surface area contributed by atoms with Crippen molar-refractivity contribution in [3.8, 4) is 5.75 Å². The summed E-state index contributed by atoms with van der Waals surface area (Å²) in [7, 11) is 1.67. The Morgan fingerprint density at radius 1 is 1.24 bits per heavy atom. The summed E-state index contributed by atoms with van der Waals surface area (Å²) in [5.41, 5.74) is 2.01. The van der Waals surface area contributed by atoms with Gasteiger partial charge in [0.05, 0.1) is 7.11 Å². The van der Waals surface area contributed by atoms with Crippen LogP contribution in [0.2, 0.25) is 0 Å². The van der Waals surface area contributed by atoms with Crippen LogP contribution in [0.3, 0.4) is 0 Å². The van der Waals surface area contributed by atoms with Gasteiger partial charge in [0.15, 0.2) is 0 Å². The lowest BCUT2D eigenvalue weighted by Gasteiger charge is -2.27. The first-order valence-electron chi connectivity index (χ1n) is 8.15. The molecular formula is C18H27NO2. The van der Waals surface area contributed by atoms with Crippen molar-refractivity contribution < 1.29 is 9.53 Å². The number of anilines is 1. The molecule has 0 saturated heterocycles. The molecule has 1 fully saturated rings. The van der Waals surface area contributed by atoms with Crippen LogP contribution in [0.5, 0.6) is 5.75 Å². The Hall–Kier alpha value is -1.51. The number of carbonyl (C=O) groups excluding carboxylic acids is 1. The molecule has 116 valence electrons. The Morgan fingerprint density at radius 3 is 2.52 bits per heavy atom. The number of methoxy groups -OCH3 is 1. The maximum absolute atomic E-state index is 12.4. The summed E-state index contributed by atoms with van der Waals surface area (Å²) in [6.07, 6.45) is 6.59. The molecule has 0 atom stereocenters. The second-order valence-corrected chi connectivity index (χ2v) is 6.00. The molecule has 1 aliphatic carbocycles. The van der Waals surface area contributed by atoms with Crippen LogP contribution in [0.15, 0.2) is 18.2 Å². The molecule has 2 rings (SSSR count). The molecule has 3 nitrogen and oxygen atoms in total. The van der Waals surface area contributed by atoms with Crippen molar-refractivity contribution in [2.24, 2.45) is 11.8 Å². The fraction of sp³-hybridized carbons (Fsp3) is 0.611. The third-order valence-corrected chi connectivity index (χ3v) is 4.73. The monoisotopic (exact) mass is 289 g/mol. The highest BCUT2D eigenvalue weighted by Crippen LogP contribution is 2.31. The number of rotatable bonds is 5. The molecule has 0 bridgehead atoms. The van der Waals surface area contributed by atoms with E-state index in [9.17, 15) is 4.79 Å². The number of hydrogen-bond donors (Lipinski definition) is 1. The van der Waals surface area contributed by atoms with Crippen LogP contribution in [0.4, 0.5) is 5.69 Å². The number of benzene rings is 1. The Labute approximate surface area is 128 Å². The highest BCUT2D eigenvalue weighted by atomic mass is 16.5. The lowest BCUT2D eigenvalue weighted by molar-refractivity contribution is -0.121. The topological polar surface area (TPSA) is 38.3 Å². The number of aryl methyl sites for hydroxylation is 1. The summed E-state index contributed by atoms with van der Waals surface area (Å²) < 4.78 is 5.38. The molecular weight excluding hydrogens is 262 g/mol. The van der Waals surface area contributed by atoms with Crippen molar-refractivity contribution in [1.82, 2.24) is 0 Å². The van der Waals surface area contributed by atoms with E-state index in [1.54, 1.807) is 7.11 Å². The van der Waals surface area contributed by atoms with Gasteiger partial charge in [0.2, 0.25) is 5.91 Å². The quantitative estimate of drug-likeness (QED) is 0.871. The number of ether oxygens (including phenoxy) is 1. The third-order valence-electron chi connectivity index (χ3n) is 4.73. The molecule has 0 aromatic heterocycles. The van der Waals surface area contributed by atoms with Gasteiger partial charge in [0.1, 0.15) is 5.75 Å². The molecule has 0 unspecified atom stereocenters. The van der Waals surface area contributed by atoms with E-state index in [2.05, 4.69) is 19.2 Å². The molecule has 0 aliphatic heterocycles. The molecule has 0 heterocycles. The van der Waals surface area contributed by atoms with E-state index in [4.69, 9.17) is 4.74 Å². The molecule has 1 aromatic rings. The van der Waals surface area contributed by atoms with Crippen LogP contribution in [-0.2, 0) is 11.2 Å². The van der Waals surface area contributed by atoms with Gasteiger partial charge in [0.25, 0.3) is 0 Å². The van der Waals surface area contributed by atoms with Gasteiger partial charge < -0.3 is 10.1 Å². The maximum atomic E-state index is 12.4. The van der Waals surface area contributed by atoms with Gasteiger partial charge in [-0.1, -0.05) is 26.3 Å². The van der Waals surface area contributed by atoms with Crippen LogP contribution < -0.4 is 10.1 Å². The minimum atomic E-state index is 0.163. The summed E-state index contributed by atoms with van der Waals surface area (Å²) >= 11 is 0. The van der Waals surface area contributed by atoms with Crippen LogP contribution in [0.25, 0.3) is 0 Å². The van der Waals surface area contributed by atoms with Gasteiger partial charge in [0, 0.05) is 17.7 Å². The Morgan fingerprint density at radius 2 is 1.95 bits per heavy atom. The zero-order valence-corrected chi connectivity index (χ0v) is 13.4. The van der Waals surface area contributed by atoms with Crippen molar-refractivity contribution in [3.05, 3.63) is 23.8 Å². The SMILES string of the molecule is CCc1ccc(NC(=O)C2CCC(CC)CC2)cc1OC. The molecule has 1 aliphatic rings. The standard InChI is InChI=1S/C18H27NO2/c1-4-13-6-8-15(9-7-13)18(20)19-16-11-10-14(5-2)17(12-16)21-3/h10-13,15H,4-9H2,1-3H3,(H,19,20). The second-order valence-electron chi connectivity index (χ2n) is 6.00. The second kappa shape index (κ2) is 7.48. The molecule has 21 heavy (non-hydrogen) atoms. The first-order chi connectivity index (χ1) is 10.2. The van der Waals surface area contributed by atoms with Crippen molar-refractivity contribution in [2.45, 2.75) is 52.4 Å². The van der Waals surface area contributed by atoms with Crippen LogP contribution in [0.1, 0.15) is 51.5 Å². The highest BCUT2D eigenvalue weighted by Gasteiger charge is 2.25. The number of hydrogen-bond acceptors (Lipinski definition) is 2. The zero-order chi connectivity index (χ0) is 15.2. The minimum absolute atomic E-state index is 0.163. The molecule has 3 heteroatoms. The van der Waals surface area contributed by atoms with E-state index in [1.807, 2.05) is 18.2 Å². The van der Waals surface area contributed by atoms with Gasteiger partial charge in [-0.2, -0.15) is 0 Å². The third kappa shape index (κ3) is 3.99. The van der Waals surface area contributed by atoms with E-state index in [-0.39, 0.29) is 11.8 Å². The van der Waals surface area contributed by atoms with Gasteiger partial charge in [-0.15, -0.1) is 0 Å². The Bertz CT molecular complexity index is 476. The van der Waals surface area contributed by atoms with E-state index in [1.165, 1.54) is 24.8 Å². The fourth-order valence-electron chi connectivity index (χ4n) is 3.19. The van der Waals surface area contributed by atoms with Crippen LogP contribution in [0, 0.1) is 11.8 Å². The smallest absolute Gasteiger partial charge is 0.227 e. The van der Waals surface area contributed by atoms with Crippen LogP contribution >= 0.6 is 0 Å². The van der Waals surface area contributed by atoms with Gasteiger partial charge >= 0.3 is 0 Å². The van der Waals surface area contributed by atoms with Crippen LogP contribution in [-0.4, -0.2) is 13.0 Å². The molecule has 1 N–H and O–H groups in total. The fourth-order valence-corrected chi connectivity index (χ4v) is 3.19. The lowest BCUT2D eigenvalue weighted by Crippen LogP contribution is -2.27. The summed E-state index contributed by atoms with van der Waals surface area (Å²) in [5.74, 6) is 2.00. The van der Waals surface area contributed by atoms with E-state index >= 15 is 0 Å². The summed E-state index contributed by atoms with van der Waals surface area (Å²) in [4.78, 5) is 12.4. The average molecular weight is 289 g/mol. The number of amides is 1. The summed E-state index contributed by atoms with van der Waals surface area (Å²) in [6, 6.07) is 5.92. The molecule has 0 spiro atoms. The highest BCUT2D eigenvalue weighted by molar-refractivity contribution is 5.92. The summed E-state index contributed by atoms with van der Waals surface area (Å²) in [6.45, 7) is 4.34. The van der Waals surface area contributed by atoms with E-state index in [0.717, 1.165) is 36.6 Å². The average Bonchev–Trinajstić information content (AvgIpc) is 2.54. The number of nitrogens with one attached hydrogen (secondary N) is 1. The molecule has 1 amide bonds. The van der Waals surface area contributed by atoms with Crippen molar-refractivity contribution >= 4 is 11.6 Å². The van der Waals surface area contributed by atoms with Gasteiger partial charge in [-0.05, 0) is 49.7 Å². The summed E-state index contributed by atoms with van der Waals surface area (Å²) in [5, 5.41) is 3.05. The first kappa shape index (κ1) is 15.9. The first-order valence-corrected chi connectivity index (χ1v) is 8.15. The van der Waals surface area contributed by atoms with Crippen molar-refractivity contribution in [3.63, 3.8) is 0 Å². The van der Waals surface area contributed by atoms with Crippen molar-refractivity contribution in [1.29, 1.82) is 0 Å². The minimum Gasteiger partial charge on any atom is -0.496 e. The lowest BCUT2D eigenvalue weighted by atomic mass is 9.80. The number of carbonyl (C=O) groups is 1. The molecule has 1 saturated carbocycles. The maximum Gasteiger partial charge on any atom is 0.227 e. The zero-order valence-electron chi connectivity index (χ0n) is 13.4. The largest absolute Gasteiger partial charge is 0.496 e. The Balaban J connectivity index is 1.96.